The highest BCUT2D eigenvalue weighted by Gasteiger charge is 2.37. The van der Waals surface area contributed by atoms with Crippen molar-refractivity contribution in [2.45, 2.75) is 24.9 Å². The van der Waals surface area contributed by atoms with Crippen LogP contribution in [-0.2, 0) is 11.2 Å². The Morgan fingerprint density at radius 3 is 3.09 bits per heavy atom. The highest BCUT2D eigenvalue weighted by atomic mass is 35.5. The fourth-order valence-electron chi connectivity index (χ4n) is 3.73. The minimum atomic E-state index is -0.0138. The molecule has 6 heteroatoms. The zero-order valence-electron chi connectivity index (χ0n) is 12.4. The van der Waals surface area contributed by atoms with Gasteiger partial charge in [-0.05, 0) is 36.6 Å². The van der Waals surface area contributed by atoms with E-state index >= 15 is 0 Å². The summed E-state index contributed by atoms with van der Waals surface area (Å²) in [4.78, 5) is 16.9. The summed E-state index contributed by atoms with van der Waals surface area (Å²) in [5, 5.41) is 4.24. The van der Waals surface area contributed by atoms with E-state index < -0.39 is 0 Å². The Bertz CT molecular complexity index is 591. The summed E-state index contributed by atoms with van der Waals surface area (Å²) in [5.74, 6) is 2.21. The van der Waals surface area contributed by atoms with Crippen LogP contribution < -0.4 is 10.2 Å². The molecule has 0 aliphatic carbocycles. The van der Waals surface area contributed by atoms with Crippen LogP contribution in [0.5, 0.6) is 0 Å². The summed E-state index contributed by atoms with van der Waals surface area (Å²) in [7, 11) is 0. The molecule has 1 aromatic rings. The van der Waals surface area contributed by atoms with Crippen LogP contribution >= 0.6 is 23.4 Å². The van der Waals surface area contributed by atoms with Crippen LogP contribution in [0.1, 0.15) is 12.0 Å². The Balaban J connectivity index is 1.44. The molecule has 0 radical (unpaired) electrons. The number of hydrogen-bond donors (Lipinski definition) is 1. The van der Waals surface area contributed by atoms with Crippen molar-refractivity contribution in [2.24, 2.45) is 0 Å². The van der Waals surface area contributed by atoms with Gasteiger partial charge in [-0.2, -0.15) is 0 Å². The monoisotopic (exact) mass is 337 g/mol. The van der Waals surface area contributed by atoms with Gasteiger partial charge in [0.1, 0.15) is 0 Å². The predicted molar refractivity (Wildman–Crippen MR) is 91.7 cm³/mol. The van der Waals surface area contributed by atoms with Gasteiger partial charge in [0.2, 0.25) is 5.91 Å². The predicted octanol–water partition coefficient (Wildman–Crippen LogP) is 1.97. The third-order valence-electron chi connectivity index (χ3n) is 4.88. The number of rotatable bonds is 2. The summed E-state index contributed by atoms with van der Waals surface area (Å²) >= 11 is 7.93. The van der Waals surface area contributed by atoms with E-state index in [4.69, 9.17) is 11.6 Å². The second-order valence-corrected chi connectivity index (χ2v) is 7.72. The lowest BCUT2D eigenvalue weighted by Gasteiger charge is -2.26. The van der Waals surface area contributed by atoms with E-state index in [-0.39, 0.29) is 11.9 Å². The quantitative estimate of drug-likeness (QED) is 0.895. The maximum atomic E-state index is 12.5. The second-order valence-electron chi connectivity index (χ2n) is 6.21. The number of amides is 1. The van der Waals surface area contributed by atoms with Crippen molar-refractivity contribution < 1.29 is 4.79 Å². The molecule has 0 aromatic heterocycles. The van der Waals surface area contributed by atoms with E-state index in [1.165, 1.54) is 11.3 Å². The molecule has 1 amide bonds. The summed E-state index contributed by atoms with van der Waals surface area (Å²) in [5.41, 5.74) is 2.62. The molecule has 1 aromatic carbocycles. The first kappa shape index (κ1) is 14.7. The van der Waals surface area contributed by atoms with Gasteiger partial charge in [0.15, 0.2) is 0 Å². The number of hydrogen-bond acceptors (Lipinski definition) is 4. The second kappa shape index (κ2) is 5.95. The van der Waals surface area contributed by atoms with Crippen molar-refractivity contribution >= 4 is 35.0 Å². The molecular weight excluding hydrogens is 318 g/mol. The van der Waals surface area contributed by atoms with Crippen molar-refractivity contribution in [1.82, 2.24) is 10.2 Å². The number of nitrogens with one attached hydrogen (secondary N) is 1. The zero-order chi connectivity index (χ0) is 15.1. The molecule has 4 nitrogen and oxygen atoms in total. The van der Waals surface area contributed by atoms with Crippen LogP contribution in [0.2, 0.25) is 5.02 Å². The molecular formula is C16H20ClN3OS. The van der Waals surface area contributed by atoms with E-state index in [1.807, 2.05) is 22.7 Å². The summed E-state index contributed by atoms with van der Waals surface area (Å²) in [6.07, 6.45) is 1.95. The van der Waals surface area contributed by atoms with Crippen molar-refractivity contribution in [1.29, 1.82) is 0 Å². The van der Waals surface area contributed by atoms with Gasteiger partial charge in [-0.1, -0.05) is 11.6 Å². The van der Waals surface area contributed by atoms with E-state index in [2.05, 4.69) is 22.3 Å². The third-order valence-corrected chi connectivity index (χ3v) is 6.08. The lowest BCUT2D eigenvalue weighted by molar-refractivity contribution is -0.131. The molecule has 0 spiro atoms. The number of thioether (sulfide) groups is 1. The summed E-state index contributed by atoms with van der Waals surface area (Å²) < 4.78 is 0. The van der Waals surface area contributed by atoms with Crippen LogP contribution in [-0.4, -0.2) is 54.2 Å². The molecule has 3 heterocycles. The molecule has 2 atom stereocenters. The molecule has 3 aliphatic heterocycles. The van der Waals surface area contributed by atoms with Gasteiger partial charge in [0.25, 0.3) is 0 Å². The third kappa shape index (κ3) is 2.59. The average molecular weight is 338 g/mol. The zero-order valence-corrected chi connectivity index (χ0v) is 14.0. The first-order chi connectivity index (χ1) is 10.7. The highest BCUT2D eigenvalue weighted by Crippen LogP contribution is 2.34. The van der Waals surface area contributed by atoms with E-state index in [9.17, 15) is 4.79 Å². The molecule has 3 aliphatic rings. The van der Waals surface area contributed by atoms with Gasteiger partial charge < -0.3 is 15.1 Å². The van der Waals surface area contributed by atoms with Crippen LogP contribution in [0.15, 0.2) is 18.2 Å². The maximum Gasteiger partial charge on any atom is 0.240 e. The fraction of sp³-hybridized carbons (Fsp3) is 0.562. The van der Waals surface area contributed by atoms with Crippen LogP contribution in [0.4, 0.5) is 5.69 Å². The van der Waals surface area contributed by atoms with Gasteiger partial charge >= 0.3 is 0 Å². The van der Waals surface area contributed by atoms with Gasteiger partial charge in [0, 0.05) is 42.1 Å². The van der Waals surface area contributed by atoms with Crippen molar-refractivity contribution in [2.75, 3.05) is 36.2 Å². The standard InChI is InChI=1S/C16H20ClN3OS/c17-12-1-2-15-11(7-12)3-4-20(15)13-8-14(18-9-13)16(21)19-5-6-22-10-19/h1-2,7,13-14,18H,3-6,8-10H2/t13-,14-/m0/s1. The van der Waals surface area contributed by atoms with Gasteiger partial charge in [-0.3, -0.25) is 4.79 Å². The number of nitrogens with zero attached hydrogens (tertiary/aromatic N) is 2. The van der Waals surface area contributed by atoms with E-state index in [0.29, 0.717) is 6.04 Å². The smallest absolute Gasteiger partial charge is 0.240 e. The Hall–Kier alpha value is -0.910. The SMILES string of the molecule is O=C([C@@H]1C[C@H](N2CCc3cc(Cl)ccc32)CN1)N1CCSC1. The molecule has 118 valence electrons. The number of carbonyl (C=O) groups excluding carboxylic acids is 1. The number of anilines is 1. The Morgan fingerprint density at radius 1 is 1.36 bits per heavy atom. The average Bonchev–Trinajstić information content (AvgIpc) is 3.25. The lowest BCUT2D eigenvalue weighted by atomic mass is 10.1. The molecule has 0 bridgehead atoms. The van der Waals surface area contributed by atoms with Gasteiger partial charge in [0.05, 0.1) is 11.9 Å². The summed E-state index contributed by atoms with van der Waals surface area (Å²) in [6.45, 7) is 2.82. The largest absolute Gasteiger partial charge is 0.367 e. The van der Waals surface area contributed by atoms with Gasteiger partial charge in [-0.15, -0.1) is 11.8 Å². The van der Waals surface area contributed by atoms with Crippen molar-refractivity contribution in [3.05, 3.63) is 28.8 Å². The highest BCUT2D eigenvalue weighted by molar-refractivity contribution is 7.99. The van der Waals surface area contributed by atoms with Crippen molar-refractivity contribution in [3.63, 3.8) is 0 Å². The maximum absolute atomic E-state index is 12.5. The Morgan fingerprint density at radius 2 is 2.27 bits per heavy atom. The van der Waals surface area contributed by atoms with E-state index in [0.717, 1.165) is 49.1 Å². The van der Waals surface area contributed by atoms with E-state index in [1.54, 1.807) is 0 Å². The number of carbonyl (C=O) groups is 1. The minimum Gasteiger partial charge on any atom is -0.367 e. The molecule has 4 rings (SSSR count). The number of benzene rings is 1. The minimum absolute atomic E-state index is 0.0138. The molecule has 0 saturated carbocycles. The molecule has 1 N–H and O–H groups in total. The molecule has 22 heavy (non-hydrogen) atoms. The lowest BCUT2D eigenvalue weighted by Crippen LogP contribution is -2.42. The molecule has 0 unspecified atom stereocenters. The van der Waals surface area contributed by atoms with Crippen LogP contribution in [0.25, 0.3) is 0 Å². The van der Waals surface area contributed by atoms with Crippen LogP contribution in [0, 0.1) is 0 Å². The topological polar surface area (TPSA) is 35.6 Å². The number of fused-ring (bicyclic) bond motifs is 1. The summed E-state index contributed by atoms with van der Waals surface area (Å²) in [6, 6.07) is 6.55. The molecule has 2 saturated heterocycles. The first-order valence-corrected chi connectivity index (χ1v) is 9.40. The van der Waals surface area contributed by atoms with Crippen molar-refractivity contribution in [3.8, 4) is 0 Å². The Labute approximate surface area is 140 Å². The van der Waals surface area contributed by atoms with Crippen LogP contribution in [0.3, 0.4) is 0 Å². The first-order valence-electron chi connectivity index (χ1n) is 7.87. The number of halogens is 1. The fourth-order valence-corrected chi connectivity index (χ4v) is 4.88. The van der Waals surface area contributed by atoms with Gasteiger partial charge in [-0.25, -0.2) is 0 Å². The normalized spacial score (nSPS) is 27.5. The Kier molecular flexibility index (Phi) is 3.96. The molecule has 2 fully saturated rings.